The van der Waals surface area contributed by atoms with Gasteiger partial charge in [-0.05, 0) is 13.8 Å². The van der Waals surface area contributed by atoms with Gasteiger partial charge in [-0.3, -0.25) is 10.1 Å². The van der Waals surface area contributed by atoms with Crippen LogP contribution in [-0.4, -0.2) is 45.0 Å². The molecule has 0 aliphatic rings. The molecule has 2 N–H and O–H groups in total. The smallest absolute Gasteiger partial charge is 0.394 e. The molecule has 0 bridgehead atoms. The van der Waals surface area contributed by atoms with Crippen molar-refractivity contribution in [3.05, 3.63) is 10.6 Å². The van der Waals surface area contributed by atoms with Gasteiger partial charge in [-0.25, -0.2) is 9.78 Å². The average Bonchev–Trinajstić information content (AvgIpc) is 2.31. The molecule has 0 aromatic carbocycles. The minimum absolute atomic E-state index is 0. The van der Waals surface area contributed by atoms with E-state index in [9.17, 15) is 9.59 Å². The van der Waals surface area contributed by atoms with Crippen LogP contribution in [0.25, 0.3) is 0 Å². The fraction of sp³-hybridized carbons (Fsp3) is 0.286. The molecule has 7 heteroatoms. The van der Waals surface area contributed by atoms with Crippen molar-refractivity contribution in [2.75, 3.05) is 5.32 Å². The molecule has 0 fully saturated rings. The fourth-order valence-electron chi connectivity index (χ4n) is 0.677. The molecule has 1 heterocycles. The van der Waals surface area contributed by atoms with Gasteiger partial charge in [0.1, 0.15) is 0 Å². The van der Waals surface area contributed by atoms with Gasteiger partial charge < -0.3 is 5.11 Å². The number of anilines is 1. The number of hydrogen-bond donors (Lipinski definition) is 2. The number of carbonyl (C=O) groups is 2. The first-order chi connectivity index (χ1) is 6.00. The summed E-state index contributed by atoms with van der Waals surface area (Å²) in [5, 5.41) is 10.8. The summed E-state index contributed by atoms with van der Waals surface area (Å²) in [6, 6.07) is 0. The summed E-state index contributed by atoms with van der Waals surface area (Å²) in [7, 11) is 0. The van der Waals surface area contributed by atoms with Gasteiger partial charge in [0.25, 0.3) is 0 Å². The van der Waals surface area contributed by atoms with E-state index in [-0.39, 0.29) is 23.1 Å². The third kappa shape index (κ3) is 3.24. The second kappa shape index (κ2) is 5.27. The largest absolute Gasteiger partial charge is 0.474 e. The third-order valence-corrected chi connectivity index (χ3v) is 2.43. The lowest BCUT2D eigenvalue weighted by Gasteiger charge is -1.93. The second-order valence-electron chi connectivity index (χ2n) is 2.42. The highest BCUT2D eigenvalue weighted by molar-refractivity contribution is 7.15. The first-order valence-corrected chi connectivity index (χ1v) is 4.30. The Labute approximate surface area is 101 Å². The number of carbonyl (C=O) groups excluding carboxylic acids is 1. The molecule has 1 rings (SSSR count). The molecule has 0 aliphatic heterocycles. The topological polar surface area (TPSA) is 79.3 Å². The van der Waals surface area contributed by atoms with Gasteiger partial charge in [0, 0.05) is 4.88 Å². The van der Waals surface area contributed by atoms with Gasteiger partial charge in [0.05, 0.1) is 5.69 Å². The van der Waals surface area contributed by atoms with Crippen LogP contribution in [-0.2, 0) is 9.59 Å². The van der Waals surface area contributed by atoms with E-state index in [4.69, 9.17) is 5.11 Å². The van der Waals surface area contributed by atoms with Gasteiger partial charge in [0.15, 0.2) is 5.13 Å². The van der Waals surface area contributed by atoms with Crippen molar-refractivity contribution in [2.24, 2.45) is 0 Å². The highest BCUT2D eigenvalue weighted by Crippen LogP contribution is 2.20. The lowest BCUT2D eigenvalue weighted by Crippen LogP contribution is -2.21. The van der Waals surface area contributed by atoms with Crippen molar-refractivity contribution >= 4 is 51.4 Å². The lowest BCUT2D eigenvalue weighted by atomic mass is 10.4. The van der Waals surface area contributed by atoms with Crippen LogP contribution < -0.4 is 5.32 Å². The second-order valence-corrected chi connectivity index (χ2v) is 3.62. The summed E-state index contributed by atoms with van der Waals surface area (Å²) in [5.74, 6) is -2.57. The van der Waals surface area contributed by atoms with E-state index in [2.05, 4.69) is 10.3 Å². The minimum atomic E-state index is -1.51. The number of aryl methyl sites for hydroxylation is 2. The van der Waals surface area contributed by atoms with Crippen molar-refractivity contribution < 1.29 is 14.7 Å². The maximum absolute atomic E-state index is 10.7. The van der Waals surface area contributed by atoms with Crippen LogP contribution in [0.2, 0.25) is 0 Å². The number of carboxylic acids is 1. The van der Waals surface area contributed by atoms with Gasteiger partial charge >= 0.3 is 34.9 Å². The number of thiazole rings is 1. The molecular weight excluding hydrogens is 216 g/mol. The minimum Gasteiger partial charge on any atom is -0.474 e. The number of rotatable bonds is 1. The van der Waals surface area contributed by atoms with Gasteiger partial charge in [-0.15, -0.1) is 11.3 Å². The van der Waals surface area contributed by atoms with Crippen LogP contribution in [0.1, 0.15) is 10.6 Å². The average molecular weight is 227 g/mol. The fourth-order valence-corrected chi connectivity index (χ4v) is 1.49. The van der Waals surface area contributed by atoms with Crippen molar-refractivity contribution in [1.29, 1.82) is 0 Å². The maximum Gasteiger partial charge on any atom is 0.394 e. The van der Waals surface area contributed by atoms with Crippen LogP contribution in [0.15, 0.2) is 0 Å². The molecule has 0 unspecified atom stereocenters. The summed E-state index contributed by atoms with van der Waals surface area (Å²) >= 11 is 1.25. The molecule has 0 saturated carbocycles. The molecule has 1 aromatic heterocycles. The molecular formula is C7H10MgN2O3S. The van der Waals surface area contributed by atoms with Crippen molar-refractivity contribution in [2.45, 2.75) is 13.8 Å². The molecule has 0 saturated heterocycles. The zero-order valence-corrected chi connectivity index (χ0v) is 7.94. The Kier molecular flexibility index (Phi) is 5.02. The first kappa shape index (κ1) is 13.3. The van der Waals surface area contributed by atoms with E-state index >= 15 is 0 Å². The summed E-state index contributed by atoms with van der Waals surface area (Å²) in [4.78, 5) is 25.8. The van der Waals surface area contributed by atoms with Crippen LogP contribution in [0.4, 0.5) is 5.13 Å². The van der Waals surface area contributed by atoms with Crippen LogP contribution >= 0.6 is 11.3 Å². The lowest BCUT2D eigenvalue weighted by molar-refractivity contribution is -0.147. The Morgan fingerprint density at radius 2 is 2.00 bits per heavy atom. The molecule has 0 atom stereocenters. The SMILES string of the molecule is Cc1nc(NC(=O)C(=O)O)sc1C.[MgH2]. The summed E-state index contributed by atoms with van der Waals surface area (Å²) < 4.78 is 0. The van der Waals surface area contributed by atoms with E-state index in [1.807, 2.05) is 6.92 Å². The molecule has 0 spiro atoms. The molecule has 1 amide bonds. The Morgan fingerprint density at radius 1 is 1.43 bits per heavy atom. The van der Waals surface area contributed by atoms with E-state index in [0.717, 1.165) is 10.6 Å². The molecule has 0 aliphatic carbocycles. The van der Waals surface area contributed by atoms with Crippen LogP contribution in [0.5, 0.6) is 0 Å². The van der Waals surface area contributed by atoms with E-state index in [1.54, 1.807) is 6.92 Å². The number of amides is 1. The third-order valence-electron chi connectivity index (χ3n) is 1.44. The summed E-state index contributed by atoms with van der Waals surface area (Å²) in [5.41, 5.74) is 0.797. The maximum atomic E-state index is 10.7. The van der Waals surface area contributed by atoms with Crippen molar-refractivity contribution in [3.63, 3.8) is 0 Å². The normalized spacial score (nSPS) is 9.00. The number of aliphatic carboxylic acids is 1. The van der Waals surface area contributed by atoms with Crippen molar-refractivity contribution in [1.82, 2.24) is 4.98 Å². The number of nitrogens with zero attached hydrogens (tertiary/aromatic N) is 1. The van der Waals surface area contributed by atoms with Gasteiger partial charge in [-0.1, -0.05) is 0 Å². The molecule has 74 valence electrons. The molecule has 14 heavy (non-hydrogen) atoms. The Balaban J connectivity index is 0.00000169. The Hall–Kier alpha value is -0.664. The molecule has 0 radical (unpaired) electrons. The predicted molar refractivity (Wildman–Crippen MR) is 56.4 cm³/mol. The number of carboxylic acid groups (broad SMARTS) is 1. The predicted octanol–water partition coefficient (Wildman–Crippen LogP) is -0.133. The van der Waals surface area contributed by atoms with E-state index in [0.29, 0.717) is 5.13 Å². The quantitative estimate of drug-likeness (QED) is 0.516. The van der Waals surface area contributed by atoms with E-state index < -0.39 is 11.9 Å². The highest BCUT2D eigenvalue weighted by atomic mass is 32.1. The Morgan fingerprint density at radius 3 is 2.36 bits per heavy atom. The van der Waals surface area contributed by atoms with Crippen LogP contribution in [0, 0.1) is 13.8 Å². The van der Waals surface area contributed by atoms with Gasteiger partial charge in [0.2, 0.25) is 0 Å². The van der Waals surface area contributed by atoms with Crippen LogP contribution in [0.3, 0.4) is 0 Å². The number of hydrogen-bond acceptors (Lipinski definition) is 4. The standard InChI is InChI=1S/C7H8N2O3S.Mg.2H/c1-3-4(2)13-7(8-3)9-5(10)6(11)12;;;/h1-2H3,(H,11,12)(H,8,9,10);;;. The van der Waals surface area contributed by atoms with Gasteiger partial charge in [-0.2, -0.15) is 0 Å². The Bertz CT molecular complexity index is 344. The monoisotopic (exact) mass is 226 g/mol. The first-order valence-electron chi connectivity index (χ1n) is 3.49. The number of nitrogens with one attached hydrogen (secondary N) is 1. The zero-order chi connectivity index (χ0) is 10.0. The zero-order valence-electron chi connectivity index (χ0n) is 7.12. The molecule has 1 aromatic rings. The van der Waals surface area contributed by atoms with Crippen molar-refractivity contribution in [3.8, 4) is 0 Å². The number of aromatic nitrogens is 1. The summed E-state index contributed by atoms with van der Waals surface area (Å²) in [6.45, 7) is 3.64. The molecule has 5 nitrogen and oxygen atoms in total. The summed E-state index contributed by atoms with van der Waals surface area (Å²) in [6.07, 6.45) is 0. The highest BCUT2D eigenvalue weighted by Gasteiger charge is 2.13. The van der Waals surface area contributed by atoms with E-state index in [1.165, 1.54) is 11.3 Å².